The summed E-state index contributed by atoms with van der Waals surface area (Å²) in [6, 6.07) is 9.60. The molecule has 0 fully saturated rings. The molecule has 0 aliphatic rings. The number of nitrogens with zero attached hydrogens (tertiary/aromatic N) is 7. The predicted molar refractivity (Wildman–Crippen MR) is 144 cm³/mol. The number of pyridine rings is 2. The summed E-state index contributed by atoms with van der Waals surface area (Å²) in [5, 5.41) is 34.8. The standard InChI is InChI=1S/C28H28F3N9/c1-16-20(6-7-23(29)36-16)26(22-13-40(39-38-22)15-28(5,30)31)37-19-8-17(10-32)24-21(9-19)25(18(11-33)12-34-24)35-14-27(2,3)4/h6-9,12-13,26,37H,14-15H2,1-5H3,(H,34,35)/t26-/m0/s1. The second-order valence-corrected chi connectivity index (χ2v) is 10.9. The zero-order chi connectivity index (χ0) is 29.2. The highest BCUT2D eigenvalue weighted by atomic mass is 19.3. The molecule has 206 valence electrons. The first-order chi connectivity index (χ1) is 18.8. The second kappa shape index (κ2) is 10.8. The normalized spacial score (nSPS) is 12.6. The van der Waals surface area contributed by atoms with E-state index in [1.165, 1.54) is 24.5 Å². The van der Waals surface area contributed by atoms with Gasteiger partial charge in [0.1, 0.15) is 24.4 Å². The van der Waals surface area contributed by atoms with E-state index in [0.29, 0.717) is 45.6 Å². The first kappa shape index (κ1) is 28.3. The van der Waals surface area contributed by atoms with Gasteiger partial charge in [-0.05, 0) is 30.5 Å². The number of aromatic nitrogens is 5. The number of nitrogens with one attached hydrogen (secondary N) is 2. The molecule has 3 heterocycles. The summed E-state index contributed by atoms with van der Waals surface area (Å²) in [4.78, 5) is 8.27. The van der Waals surface area contributed by atoms with Crippen molar-refractivity contribution in [2.75, 3.05) is 17.2 Å². The van der Waals surface area contributed by atoms with Gasteiger partial charge < -0.3 is 10.6 Å². The largest absolute Gasteiger partial charge is 0.383 e. The fourth-order valence-electron chi connectivity index (χ4n) is 4.23. The molecule has 3 aromatic heterocycles. The van der Waals surface area contributed by atoms with E-state index in [4.69, 9.17) is 0 Å². The van der Waals surface area contributed by atoms with Crippen molar-refractivity contribution < 1.29 is 13.2 Å². The fraction of sp³-hybridized carbons (Fsp3) is 0.357. The lowest BCUT2D eigenvalue weighted by atomic mass is 9.96. The minimum absolute atomic E-state index is 0.102. The van der Waals surface area contributed by atoms with E-state index in [0.717, 1.165) is 11.6 Å². The average molecular weight is 548 g/mol. The molecule has 0 unspecified atom stereocenters. The second-order valence-electron chi connectivity index (χ2n) is 10.9. The van der Waals surface area contributed by atoms with Gasteiger partial charge in [0.05, 0.1) is 34.6 Å². The molecule has 0 radical (unpaired) electrons. The first-order valence-electron chi connectivity index (χ1n) is 12.5. The number of rotatable bonds is 8. The Morgan fingerprint density at radius 2 is 1.80 bits per heavy atom. The molecule has 0 saturated carbocycles. The van der Waals surface area contributed by atoms with Crippen LogP contribution in [0.2, 0.25) is 0 Å². The van der Waals surface area contributed by atoms with Crippen LogP contribution in [0.15, 0.2) is 36.7 Å². The number of aryl methyl sites for hydroxylation is 1. The van der Waals surface area contributed by atoms with Crippen molar-refractivity contribution in [2.45, 2.75) is 53.1 Å². The van der Waals surface area contributed by atoms with Crippen molar-refractivity contribution in [1.82, 2.24) is 25.0 Å². The number of hydrogen-bond donors (Lipinski definition) is 2. The Bertz CT molecular complexity index is 1640. The average Bonchev–Trinajstić information content (AvgIpc) is 3.31. The minimum atomic E-state index is -3.01. The maximum Gasteiger partial charge on any atom is 0.264 e. The SMILES string of the molecule is Cc1nc(F)ccc1[C@H](Nc1cc(C#N)c2ncc(C#N)c(NCC(C)(C)C)c2c1)c1cn(CC(C)(F)F)nn1. The zero-order valence-electron chi connectivity index (χ0n) is 22.7. The summed E-state index contributed by atoms with van der Waals surface area (Å²) in [6.45, 7) is 8.43. The zero-order valence-corrected chi connectivity index (χ0v) is 22.7. The Morgan fingerprint density at radius 1 is 1.07 bits per heavy atom. The smallest absolute Gasteiger partial charge is 0.264 e. The third-order valence-electron chi connectivity index (χ3n) is 6.01. The molecule has 40 heavy (non-hydrogen) atoms. The van der Waals surface area contributed by atoms with Crippen LogP contribution in [0.5, 0.6) is 0 Å². The van der Waals surface area contributed by atoms with Gasteiger partial charge >= 0.3 is 0 Å². The van der Waals surface area contributed by atoms with E-state index in [-0.39, 0.29) is 16.7 Å². The Hall–Kier alpha value is -4.71. The molecule has 0 amide bonds. The monoisotopic (exact) mass is 547 g/mol. The van der Waals surface area contributed by atoms with Gasteiger partial charge in [-0.3, -0.25) is 4.98 Å². The molecular weight excluding hydrogens is 519 g/mol. The molecule has 0 bridgehead atoms. The number of halogens is 3. The van der Waals surface area contributed by atoms with Crippen molar-refractivity contribution in [2.24, 2.45) is 5.41 Å². The van der Waals surface area contributed by atoms with Gasteiger partial charge in [0.15, 0.2) is 0 Å². The molecule has 1 atom stereocenters. The van der Waals surface area contributed by atoms with E-state index < -0.39 is 24.5 Å². The Balaban J connectivity index is 1.86. The van der Waals surface area contributed by atoms with E-state index in [2.05, 4.69) is 43.1 Å². The van der Waals surface area contributed by atoms with Crippen molar-refractivity contribution in [3.63, 3.8) is 0 Å². The number of hydrogen-bond acceptors (Lipinski definition) is 8. The van der Waals surface area contributed by atoms with Crippen molar-refractivity contribution >= 4 is 22.3 Å². The lowest BCUT2D eigenvalue weighted by molar-refractivity contribution is 0.0000883. The molecule has 4 rings (SSSR count). The van der Waals surface area contributed by atoms with Crippen LogP contribution in [0.1, 0.15) is 61.8 Å². The molecule has 9 nitrogen and oxygen atoms in total. The number of nitriles is 2. The summed E-state index contributed by atoms with van der Waals surface area (Å²) >= 11 is 0. The molecule has 0 saturated heterocycles. The maximum atomic E-state index is 13.9. The molecular formula is C28H28F3N9. The van der Waals surface area contributed by atoms with E-state index in [1.807, 2.05) is 20.8 Å². The van der Waals surface area contributed by atoms with E-state index in [1.54, 1.807) is 19.1 Å². The Kier molecular flexibility index (Phi) is 7.65. The topological polar surface area (TPSA) is 128 Å². The van der Waals surface area contributed by atoms with Crippen LogP contribution in [-0.2, 0) is 6.54 Å². The Morgan fingerprint density at radius 3 is 2.42 bits per heavy atom. The molecule has 4 aromatic rings. The van der Waals surface area contributed by atoms with Crippen LogP contribution in [0.4, 0.5) is 24.5 Å². The van der Waals surface area contributed by atoms with Gasteiger partial charge in [0.25, 0.3) is 5.92 Å². The van der Waals surface area contributed by atoms with Crippen molar-refractivity contribution in [3.05, 3.63) is 70.7 Å². The minimum Gasteiger partial charge on any atom is -0.383 e. The van der Waals surface area contributed by atoms with E-state index >= 15 is 0 Å². The van der Waals surface area contributed by atoms with Gasteiger partial charge in [0, 0.05) is 42.0 Å². The highest BCUT2D eigenvalue weighted by Gasteiger charge is 2.26. The highest BCUT2D eigenvalue weighted by Crippen LogP contribution is 2.34. The lowest BCUT2D eigenvalue weighted by Gasteiger charge is -2.23. The lowest BCUT2D eigenvalue weighted by Crippen LogP contribution is -2.20. The van der Waals surface area contributed by atoms with Crippen molar-refractivity contribution in [3.8, 4) is 12.1 Å². The van der Waals surface area contributed by atoms with Crippen LogP contribution in [0, 0.1) is 40.9 Å². The summed E-state index contributed by atoms with van der Waals surface area (Å²) in [6.07, 6.45) is 2.81. The molecule has 0 aliphatic heterocycles. The van der Waals surface area contributed by atoms with Gasteiger partial charge in [-0.1, -0.05) is 32.1 Å². The molecule has 0 spiro atoms. The maximum absolute atomic E-state index is 13.9. The van der Waals surface area contributed by atoms with Crippen molar-refractivity contribution in [1.29, 1.82) is 10.5 Å². The molecule has 1 aromatic carbocycles. The van der Waals surface area contributed by atoms with Crippen LogP contribution in [0.25, 0.3) is 10.9 Å². The summed E-state index contributed by atoms with van der Waals surface area (Å²) in [5.41, 5.74) is 3.06. The first-order valence-corrected chi connectivity index (χ1v) is 12.5. The summed E-state index contributed by atoms with van der Waals surface area (Å²) < 4.78 is 42.2. The summed E-state index contributed by atoms with van der Waals surface area (Å²) in [7, 11) is 0. The van der Waals surface area contributed by atoms with Gasteiger partial charge in [-0.25, -0.2) is 18.4 Å². The third-order valence-corrected chi connectivity index (χ3v) is 6.01. The third kappa shape index (κ3) is 6.46. The van der Waals surface area contributed by atoms with Gasteiger partial charge in [-0.15, -0.1) is 5.10 Å². The Labute approximate surface area is 229 Å². The molecule has 12 heteroatoms. The van der Waals surface area contributed by atoms with Crippen LogP contribution in [-0.4, -0.2) is 37.4 Å². The van der Waals surface area contributed by atoms with E-state index in [9.17, 15) is 23.7 Å². The van der Waals surface area contributed by atoms with Crippen LogP contribution < -0.4 is 10.6 Å². The number of fused-ring (bicyclic) bond motifs is 1. The number of benzene rings is 1. The number of alkyl halides is 2. The number of anilines is 2. The fourth-order valence-corrected chi connectivity index (χ4v) is 4.23. The van der Waals surface area contributed by atoms with Crippen LogP contribution in [0.3, 0.4) is 0 Å². The highest BCUT2D eigenvalue weighted by molar-refractivity contribution is 5.99. The summed E-state index contributed by atoms with van der Waals surface area (Å²) in [5.74, 6) is -3.68. The molecule has 0 aliphatic carbocycles. The predicted octanol–water partition coefficient (Wildman–Crippen LogP) is 5.73. The quantitative estimate of drug-likeness (QED) is 0.268. The van der Waals surface area contributed by atoms with Crippen LogP contribution >= 0.6 is 0 Å². The van der Waals surface area contributed by atoms with Gasteiger partial charge in [-0.2, -0.15) is 14.9 Å². The molecule has 2 N–H and O–H groups in total. The van der Waals surface area contributed by atoms with Gasteiger partial charge in [0.2, 0.25) is 5.95 Å².